The van der Waals surface area contributed by atoms with Gasteiger partial charge in [-0.25, -0.2) is 4.79 Å². The average Bonchev–Trinajstić information content (AvgIpc) is 2.64. The molecule has 0 fully saturated rings. The molecule has 0 saturated heterocycles. The third-order valence-corrected chi connectivity index (χ3v) is 3.94. The molecule has 0 spiro atoms. The summed E-state index contributed by atoms with van der Waals surface area (Å²) in [6.07, 6.45) is 0. The Hall–Kier alpha value is -3.35. The number of aryl methyl sites for hydroxylation is 1. The van der Waals surface area contributed by atoms with Crippen LogP contribution in [0, 0.1) is 0 Å². The number of aromatic nitrogens is 2. The van der Waals surface area contributed by atoms with Crippen LogP contribution in [0.2, 0.25) is 0 Å². The smallest absolute Gasteiger partial charge is 0.331 e. The molecule has 0 aliphatic rings. The summed E-state index contributed by atoms with van der Waals surface area (Å²) in [4.78, 5) is 37.3. The Morgan fingerprint density at radius 1 is 1.08 bits per heavy atom. The second-order valence-corrected chi connectivity index (χ2v) is 5.50. The van der Waals surface area contributed by atoms with Crippen molar-refractivity contribution in [3.63, 3.8) is 0 Å². The lowest BCUT2D eigenvalue weighted by atomic mass is 10.2. The lowest BCUT2D eigenvalue weighted by Crippen LogP contribution is -2.41. The van der Waals surface area contributed by atoms with Gasteiger partial charge in [0, 0.05) is 7.05 Å². The van der Waals surface area contributed by atoms with Crippen LogP contribution in [0.3, 0.4) is 0 Å². The summed E-state index contributed by atoms with van der Waals surface area (Å²) in [5.41, 5.74) is -0.0349. The van der Waals surface area contributed by atoms with E-state index < -0.39 is 17.2 Å². The van der Waals surface area contributed by atoms with Crippen molar-refractivity contribution in [2.75, 3.05) is 12.4 Å². The summed E-state index contributed by atoms with van der Waals surface area (Å²) in [5, 5.41) is 3.04. The molecule has 0 unspecified atom stereocenters. The SMILES string of the molecule is COc1ccccc1NC(=O)Cn1c(=O)c2ccccc2n(C)c1=O. The van der Waals surface area contributed by atoms with E-state index in [0.29, 0.717) is 22.3 Å². The summed E-state index contributed by atoms with van der Waals surface area (Å²) in [5.74, 6) is 0.00796. The molecule has 0 atom stereocenters. The first kappa shape index (κ1) is 16.5. The van der Waals surface area contributed by atoms with Gasteiger partial charge in [0.25, 0.3) is 5.56 Å². The number of carbonyl (C=O) groups excluding carboxylic acids is 1. The van der Waals surface area contributed by atoms with E-state index in [9.17, 15) is 14.4 Å². The molecule has 1 heterocycles. The van der Waals surface area contributed by atoms with Gasteiger partial charge in [-0.1, -0.05) is 24.3 Å². The summed E-state index contributed by atoms with van der Waals surface area (Å²) in [6, 6.07) is 13.7. The van der Waals surface area contributed by atoms with Gasteiger partial charge in [-0.2, -0.15) is 0 Å². The standard InChI is InChI=1S/C18H17N3O4/c1-20-14-9-5-3-7-12(14)17(23)21(18(20)24)11-16(22)19-13-8-4-6-10-15(13)25-2/h3-10H,11H2,1-2H3,(H,19,22). The summed E-state index contributed by atoms with van der Waals surface area (Å²) < 4.78 is 7.45. The quantitative estimate of drug-likeness (QED) is 0.778. The maximum absolute atomic E-state index is 12.6. The Kier molecular flexibility index (Phi) is 4.38. The molecule has 0 radical (unpaired) electrons. The highest BCUT2D eigenvalue weighted by molar-refractivity contribution is 5.92. The highest BCUT2D eigenvalue weighted by Crippen LogP contribution is 2.22. The second-order valence-electron chi connectivity index (χ2n) is 5.50. The molecule has 1 aromatic heterocycles. The molecule has 128 valence electrons. The van der Waals surface area contributed by atoms with E-state index in [1.54, 1.807) is 55.6 Å². The van der Waals surface area contributed by atoms with Crippen LogP contribution in [0.1, 0.15) is 0 Å². The number of ether oxygens (including phenoxy) is 1. The zero-order valence-electron chi connectivity index (χ0n) is 13.9. The molecule has 3 aromatic rings. The van der Waals surface area contributed by atoms with Gasteiger partial charge in [0.2, 0.25) is 5.91 Å². The van der Waals surface area contributed by atoms with Gasteiger partial charge in [-0.3, -0.25) is 18.7 Å². The van der Waals surface area contributed by atoms with E-state index in [4.69, 9.17) is 4.74 Å². The first-order chi connectivity index (χ1) is 12.0. The van der Waals surface area contributed by atoms with E-state index >= 15 is 0 Å². The molecule has 3 rings (SSSR count). The van der Waals surface area contributed by atoms with E-state index in [2.05, 4.69) is 5.32 Å². The fourth-order valence-corrected chi connectivity index (χ4v) is 2.68. The van der Waals surface area contributed by atoms with Gasteiger partial charge in [-0.05, 0) is 24.3 Å². The number of para-hydroxylation sites is 3. The lowest BCUT2D eigenvalue weighted by Gasteiger charge is -2.12. The number of benzene rings is 2. The minimum atomic E-state index is -0.543. The molecule has 0 aliphatic carbocycles. The number of anilines is 1. The Bertz CT molecular complexity index is 1070. The van der Waals surface area contributed by atoms with Crippen molar-refractivity contribution < 1.29 is 9.53 Å². The minimum absolute atomic E-state index is 0.381. The number of nitrogens with zero attached hydrogens (tertiary/aromatic N) is 2. The van der Waals surface area contributed by atoms with Crippen LogP contribution < -0.4 is 21.3 Å². The van der Waals surface area contributed by atoms with Crippen LogP contribution in [0.15, 0.2) is 58.1 Å². The van der Waals surface area contributed by atoms with Gasteiger partial charge in [0.1, 0.15) is 12.3 Å². The number of nitrogens with one attached hydrogen (secondary N) is 1. The van der Waals surface area contributed by atoms with Gasteiger partial charge >= 0.3 is 5.69 Å². The first-order valence-electron chi connectivity index (χ1n) is 7.64. The Morgan fingerprint density at radius 3 is 2.52 bits per heavy atom. The monoisotopic (exact) mass is 339 g/mol. The molecule has 25 heavy (non-hydrogen) atoms. The molecule has 0 bridgehead atoms. The average molecular weight is 339 g/mol. The van der Waals surface area contributed by atoms with Crippen LogP contribution in [0.25, 0.3) is 10.9 Å². The number of rotatable bonds is 4. The fraction of sp³-hybridized carbons (Fsp3) is 0.167. The molecular weight excluding hydrogens is 322 g/mol. The predicted molar refractivity (Wildman–Crippen MR) is 95.1 cm³/mol. The van der Waals surface area contributed by atoms with Crippen molar-refractivity contribution in [1.29, 1.82) is 0 Å². The normalized spacial score (nSPS) is 10.6. The van der Waals surface area contributed by atoms with Crippen LogP contribution in [-0.2, 0) is 18.4 Å². The summed E-state index contributed by atoms with van der Waals surface area (Å²) in [6.45, 7) is -0.381. The molecule has 1 amide bonds. The number of hydrogen-bond donors (Lipinski definition) is 1. The molecule has 2 aromatic carbocycles. The van der Waals surface area contributed by atoms with Crippen LogP contribution >= 0.6 is 0 Å². The van der Waals surface area contributed by atoms with Crippen molar-refractivity contribution in [2.24, 2.45) is 7.05 Å². The van der Waals surface area contributed by atoms with Crippen molar-refractivity contribution in [3.05, 3.63) is 69.4 Å². The van der Waals surface area contributed by atoms with Crippen molar-refractivity contribution in [3.8, 4) is 5.75 Å². The third-order valence-electron chi connectivity index (χ3n) is 3.94. The van der Waals surface area contributed by atoms with Gasteiger partial charge in [0.15, 0.2) is 0 Å². The number of methoxy groups -OCH3 is 1. The predicted octanol–water partition coefficient (Wildman–Crippen LogP) is 1.35. The lowest BCUT2D eigenvalue weighted by molar-refractivity contribution is -0.116. The van der Waals surface area contributed by atoms with Gasteiger partial charge in [0.05, 0.1) is 23.7 Å². The zero-order valence-corrected chi connectivity index (χ0v) is 13.9. The Labute approximate surface area is 143 Å². The van der Waals surface area contributed by atoms with Crippen molar-refractivity contribution >= 4 is 22.5 Å². The largest absolute Gasteiger partial charge is 0.495 e. The molecule has 7 heteroatoms. The highest BCUT2D eigenvalue weighted by Gasteiger charge is 2.14. The number of fused-ring (bicyclic) bond motifs is 1. The van der Waals surface area contributed by atoms with Crippen LogP contribution in [0.5, 0.6) is 5.75 Å². The van der Waals surface area contributed by atoms with E-state index in [1.165, 1.54) is 11.7 Å². The highest BCUT2D eigenvalue weighted by atomic mass is 16.5. The number of carbonyl (C=O) groups is 1. The maximum Gasteiger partial charge on any atom is 0.331 e. The minimum Gasteiger partial charge on any atom is -0.495 e. The first-order valence-corrected chi connectivity index (χ1v) is 7.64. The molecule has 1 N–H and O–H groups in total. The second kappa shape index (κ2) is 6.64. The van der Waals surface area contributed by atoms with Gasteiger partial charge in [-0.15, -0.1) is 0 Å². The summed E-state index contributed by atoms with van der Waals surface area (Å²) in [7, 11) is 3.06. The van der Waals surface area contributed by atoms with Crippen molar-refractivity contribution in [2.45, 2.75) is 6.54 Å². The zero-order chi connectivity index (χ0) is 18.0. The topological polar surface area (TPSA) is 82.3 Å². The maximum atomic E-state index is 12.6. The van der Waals surface area contributed by atoms with Gasteiger partial charge < -0.3 is 10.1 Å². The molecular formula is C18H17N3O4. The Balaban J connectivity index is 1.97. The van der Waals surface area contributed by atoms with E-state index in [0.717, 1.165) is 4.57 Å². The fourth-order valence-electron chi connectivity index (χ4n) is 2.68. The number of amides is 1. The molecule has 7 nitrogen and oxygen atoms in total. The van der Waals surface area contributed by atoms with Crippen molar-refractivity contribution in [1.82, 2.24) is 9.13 Å². The van der Waals surface area contributed by atoms with E-state index in [-0.39, 0.29) is 6.54 Å². The van der Waals surface area contributed by atoms with E-state index in [1.807, 2.05) is 0 Å². The van der Waals surface area contributed by atoms with Crippen LogP contribution in [-0.4, -0.2) is 22.2 Å². The Morgan fingerprint density at radius 2 is 1.76 bits per heavy atom. The molecule has 0 saturated carbocycles. The number of hydrogen-bond acceptors (Lipinski definition) is 4. The van der Waals surface area contributed by atoms with Crippen LogP contribution in [0.4, 0.5) is 5.69 Å². The summed E-state index contributed by atoms with van der Waals surface area (Å²) >= 11 is 0. The third kappa shape index (κ3) is 3.03. The molecule has 0 aliphatic heterocycles.